The number of benzene rings is 1. The third kappa shape index (κ3) is 2.89. The van der Waals surface area contributed by atoms with Crippen LogP contribution in [0.15, 0.2) is 24.3 Å². The molecule has 1 amide bonds. The number of likely N-dealkylation sites (N-methyl/N-ethyl adjacent to an activating group) is 1. The number of ether oxygens (including phenoxy) is 1. The number of amides is 1. The molecule has 1 aromatic heterocycles. The summed E-state index contributed by atoms with van der Waals surface area (Å²) in [6.45, 7) is 2.90. The van der Waals surface area contributed by atoms with Gasteiger partial charge in [0, 0.05) is 12.6 Å². The van der Waals surface area contributed by atoms with Crippen LogP contribution >= 0.6 is 0 Å². The molecule has 0 saturated carbocycles. The summed E-state index contributed by atoms with van der Waals surface area (Å²) in [5.74, 6) is 1.50. The number of carbonyl (C=O) groups excluding carboxylic acids is 1. The Bertz CT molecular complexity index is 753. The molecular formula is C18H24N4O2. The lowest BCUT2D eigenvalue weighted by atomic mass is 10.0. The molecule has 2 aromatic rings. The van der Waals surface area contributed by atoms with E-state index in [-0.39, 0.29) is 11.9 Å². The fraction of sp³-hybridized carbons (Fsp3) is 0.444. The molecule has 1 fully saturated rings. The van der Waals surface area contributed by atoms with Crippen LogP contribution < -0.4 is 10.1 Å². The van der Waals surface area contributed by atoms with E-state index in [1.54, 1.807) is 11.8 Å². The van der Waals surface area contributed by atoms with Crippen LogP contribution in [0, 0.1) is 6.92 Å². The van der Waals surface area contributed by atoms with Crippen molar-refractivity contribution >= 4 is 11.7 Å². The second kappa shape index (κ2) is 6.65. The number of methoxy groups -OCH3 is 1. The number of likely N-dealkylation sites (tertiary alicyclic amines) is 1. The second-order valence-electron chi connectivity index (χ2n) is 6.26. The minimum absolute atomic E-state index is 0.0224. The molecule has 128 valence electrons. The van der Waals surface area contributed by atoms with E-state index in [1.165, 1.54) is 0 Å². The number of rotatable bonds is 4. The lowest BCUT2D eigenvalue weighted by Crippen LogP contribution is -2.37. The molecule has 1 N–H and O–H groups in total. The van der Waals surface area contributed by atoms with Crippen LogP contribution in [0.4, 0.5) is 5.82 Å². The van der Waals surface area contributed by atoms with Gasteiger partial charge in [0.2, 0.25) is 5.91 Å². The Balaban J connectivity index is 1.98. The highest BCUT2D eigenvalue weighted by Gasteiger charge is 2.29. The van der Waals surface area contributed by atoms with Crippen molar-refractivity contribution in [1.29, 1.82) is 0 Å². The number of nitrogens with one attached hydrogen (secondary N) is 1. The average molecular weight is 328 g/mol. The highest BCUT2D eigenvalue weighted by Crippen LogP contribution is 2.37. The standard InChI is InChI=1S/C18H24N4O2/c1-12-16(13-8-5-6-10-15(13)24-4)17(22(3)20-12)19-18(23)14-9-7-11-21(14)2/h5-6,8,10,14H,7,9,11H2,1-4H3,(H,19,23). The number of anilines is 1. The summed E-state index contributed by atoms with van der Waals surface area (Å²) in [4.78, 5) is 14.8. The fourth-order valence-electron chi connectivity index (χ4n) is 3.42. The van der Waals surface area contributed by atoms with Crippen LogP contribution in [-0.2, 0) is 11.8 Å². The molecule has 1 atom stereocenters. The maximum absolute atomic E-state index is 12.7. The van der Waals surface area contributed by atoms with Gasteiger partial charge in [0.1, 0.15) is 11.6 Å². The van der Waals surface area contributed by atoms with Gasteiger partial charge in [0.05, 0.1) is 24.4 Å². The third-order valence-electron chi connectivity index (χ3n) is 4.66. The molecule has 6 nitrogen and oxygen atoms in total. The number of hydrogen-bond acceptors (Lipinski definition) is 4. The Labute approximate surface area is 142 Å². The van der Waals surface area contributed by atoms with E-state index in [0.717, 1.165) is 42.0 Å². The highest BCUT2D eigenvalue weighted by molar-refractivity contribution is 5.98. The van der Waals surface area contributed by atoms with Crippen LogP contribution in [-0.4, -0.2) is 47.3 Å². The first kappa shape index (κ1) is 16.5. The van der Waals surface area contributed by atoms with Crippen LogP contribution in [0.25, 0.3) is 11.1 Å². The van der Waals surface area contributed by atoms with E-state index < -0.39 is 0 Å². The topological polar surface area (TPSA) is 59.4 Å². The van der Waals surface area contributed by atoms with Crippen molar-refractivity contribution in [2.24, 2.45) is 7.05 Å². The molecule has 0 radical (unpaired) electrons. The summed E-state index contributed by atoms with van der Waals surface area (Å²) < 4.78 is 7.21. The van der Waals surface area contributed by atoms with Gasteiger partial charge in [-0.2, -0.15) is 5.10 Å². The van der Waals surface area contributed by atoms with Gasteiger partial charge in [-0.25, -0.2) is 0 Å². The van der Waals surface area contributed by atoms with Crippen LogP contribution in [0.5, 0.6) is 5.75 Å². The van der Waals surface area contributed by atoms with Gasteiger partial charge in [-0.3, -0.25) is 14.4 Å². The SMILES string of the molecule is COc1ccccc1-c1c(C)nn(C)c1NC(=O)C1CCCN1C. The van der Waals surface area contributed by atoms with E-state index in [9.17, 15) is 4.79 Å². The zero-order valence-electron chi connectivity index (χ0n) is 14.7. The van der Waals surface area contributed by atoms with Crippen molar-refractivity contribution in [3.05, 3.63) is 30.0 Å². The summed E-state index contributed by atoms with van der Waals surface area (Å²) in [5.41, 5.74) is 2.70. The average Bonchev–Trinajstić information content (AvgIpc) is 3.11. The molecular weight excluding hydrogens is 304 g/mol. The molecule has 1 unspecified atom stereocenters. The molecule has 1 aliphatic heterocycles. The second-order valence-corrected chi connectivity index (χ2v) is 6.26. The van der Waals surface area contributed by atoms with Crippen LogP contribution in [0.2, 0.25) is 0 Å². The van der Waals surface area contributed by atoms with Crippen molar-refractivity contribution in [3.8, 4) is 16.9 Å². The number of hydrogen-bond donors (Lipinski definition) is 1. The lowest BCUT2D eigenvalue weighted by molar-refractivity contribution is -0.120. The Hall–Kier alpha value is -2.34. The van der Waals surface area contributed by atoms with Crippen LogP contribution in [0.3, 0.4) is 0 Å². The number of nitrogens with zero attached hydrogens (tertiary/aromatic N) is 3. The molecule has 6 heteroatoms. The van der Waals surface area contributed by atoms with Crippen molar-refractivity contribution in [2.75, 3.05) is 26.0 Å². The minimum atomic E-state index is -0.0780. The maximum Gasteiger partial charge on any atom is 0.242 e. The number of para-hydroxylation sites is 1. The summed E-state index contributed by atoms with van der Waals surface area (Å²) in [6, 6.07) is 7.71. The monoisotopic (exact) mass is 328 g/mol. The van der Waals surface area contributed by atoms with E-state index in [1.807, 2.05) is 45.3 Å². The number of aromatic nitrogens is 2. The zero-order valence-corrected chi connectivity index (χ0v) is 14.7. The lowest BCUT2D eigenvalue weighted by Gasteiger charge is -2.19. The van der Waals surface area contributed by atoms with Gasteiger partial charge in [0.15, 0.2) is 0 Å². The number of aryl methyl sites for hydroxylation is 2. The zero-order chi connectivity index (χ0) is 17.3. The molecule has 1 saturated heterocycles. The van der Waals surface area contributed by atoms with E-state index in [0.29, 0.717) is 5.82 Å². The Kier molecular flexibility index (Phi) is 4.57. The minimum Gasteiger partial charge on any atom is -0.496 e. The van der Waals surface area contributed by atoms with Gasteiger partial charge < -0.3 is 10.1 Å². The number of carbonyl (C=O) groups is 1. The predicted molar refractivity (Wildman–Crippen MR) is 94.2 cm³/mol. The molecule has 1 aromatic carbocycles. The summed E-state index contributed by atoms with van der Waals surface area (Å²) in [7, 11) is 5.49. The molecule has 3 rings (SSSR count). The van der Waals surface area contributed by atoms with Gasteiger partial charge in [0.25, 0.3) is 0 Å². The van der Waals surface area contributed by atoms with E-state index >= 15 is 0 Å². The van der Waals surface area contributed by atoms with Crippen molar-refractivity contribution in [3.63, 3.8) is 0 Å². The first-order chi connectivity index (χ1) is 11.5. The summed E-state index contributed by atoms with van der Waals surface area (Å²) >= 11 is 0. The molecule has 1 aliphatic rings. The highest BCUT2D eigenvalue weighted by atomic mass is 16.5. The predicted octanol–water partition coefficient (Wildman–Crippen LogP) is 2.44. The first-order valence-electron chi connectivity index (χ1n) is 8.21. The Morgan fingerprint density at radius 2 is 2.08 bits per heavy atom. The van der Waals surface area contributed by atoms with Crippen molar-refractivity contribution in [2.45, 2.75) is 25.8 Å². The summed E-state index contributed by atoms with van der Waals surface area (Å²) in [6.07, 6.45) is 1.95. The summed E-state index contributed by atoms with van der Waals surface area (Å²) in [5, 5.41) is 7.58. The maximum atomic E-state index is 12.7. The van der Waals surface area contributed by atoms with Crippen molar-refractivity contribution < 1.29 is 9.53 Å². The van der Waals surface area contributed by atoms with Gasteiger partial charge in [-0.1, -0.05) is 18.2 Å². The fourth-order valence-corrected chi connectivity index (χ4v) is 3.42. The smallest absolute Gasteiger partial charge is 0.242 e. The van der Waals surface area contributed by atoms with Gasteiger partial charge >= 0.3 is 0 Å². The molecule has 0 spiro atoms. The van der Waals surface area contributed by atoms with Gasteiger partial charge in [-0.15, -0.1) is 0 Å². The largest absolute Gasteiger partial charge is 0.496 e. The Morgan fingerprint density at radius 3 is 2.75 bits per heavy atom. The van der Waals surface area contributed by atoms with Gasteiger partial charge in [-0.05, 0) is 39.4 Å². The Morgan fingerprint density at radius 1 is 1.33 bits per heavy atom. The van der Waals surface area contributed by atoms with E-state index in [2.05, 4.69) is 15.3 Å². The van der Waals surface area contributed by atoms with E-state index in [4.69, 9.17) is 4.74 Å². The molecule has 2 heterocycles. The molecule has 24 heavy (non-hydrogen) atoms. The molecule has 0 bridgehead atoms. The molecule has 0 aliphatic carbocycles. The van der Waals surface area contributed by atoms with Crippen molar-refractivity contribution in [1.82, 2.24) is 14.7 Å². The first-order valence-corrected chi connectivity index (χ1v) is 8.21. The third-order valence-corrected chi connectivity index (χ3v) is 4.66. The quantitative estimate of drug-likeness (QED) is 0.936. The normalized spacial score (nSPS) is 17.9. The van der Waals surface area contributed by atoms with Crippen LogP contribution in [0.1, 0.15) is 18.5 Å².